The van der Waals surface area contributed by atoms with Crippen LogP contribution in [0.25, 0.3) is 0 Å². The molecule has 1 aromatic rings. The van der Waals surface area contributed by atoms with E-state index in [-0.39, 0.29) is 0 Å². The number of hydrogen-bond acceptors (Lipinski definition) is 5. The lowest BCUT2D eigenvalue weighted by molar-refractivity contribution is 0.321. The molecule has 7 heteroatoms. The molecule has 0 fully saturated rings. The number of ether oxygens (including phenoxy) is 1. The fraction of sp³-hybridized carbons (Fsp3) is 0.636. The predicted molar refractivity (Wildman–Crippen MR) is 67.0 cm³/mol. The van der Waals surface area contributed by atoms with Gasteiger partial charge in [-0.25, -0.2) is 22.7 Å². The lowest BCUT2D eigenvalue weighted by atomic mass is 10.1. The van der Waals surface area contributed by atoms with Crippen LogP contribution in [-0.4, -0.2) is 48.6 Å². The van der Waals surface area contributed by atoms with Crippen molar-refractivity contribution >= 4 is 10.0 Å². The van der Waals surface area contributed by atoms with Gasteiger partial charge in [0.05, 0.1) is 18.6 Å². The van der Waals surface area contributed by atoms with Crippen LogP contribution in [0.1, 0.15) is 18.2 Å². The molecule has 0 aromatic carbocycles. The number of aromatic nitrogens is 2. The molecule has 1 aromatic heterocycles. The van der Waals surface area contributed by atoms with Gasteiger partial charge in [0.25, 0.3) is 0 Å². The number of hydrogen-bond donors (Lipinski definition) is 0. The normalized spacial score (nSPS) is 17.0. The summed E-state index contributed by atoms with van der Waals surface area (Å²) in [6, 6.07) is 0. The Morgan fingerprint density at radius 2 is 2.06 bits per heavy atom. The molecule has 0 radical (unpaired) electrons. The molecule has 0 aliphatic carbocycles. The van der Waals surface area contributed by atoms with Crippen molar-refractivity contribution in [2.45, 2.75) is 19.8 Å². The molecule has 100 valence electrons. The summed E-state index contributed by atoms with van der Waals surface area (Å²) in [5.74, 6) is 0.581. The zero-order chi connectivity index (χ0) is 13.2. The van der Waals surface area contributed by atoms with Crippen LogP contribution in [0, 0.1) is 0 Å². The molecule has 1 aliphatic rings. The summed E-state index contributed by atoms with van der Waals surface area (Å²) in [7, 11) is -3.15. The van der Waals surface area contributed by atoms with E-state index in [1.807, 2.05) is 6.92 Å². The Morgan fingerprint density at radius 3 is 2.72 bits per heavy atom. The first-order valence-corrected chi connectivity index (χ1v) is 7.78. The molecular formula is C11H17N3O3S. The van der Waals surface area contributed by atoms with E-state index in [2.05, 4.69) is 9.97 Å². The summed E-state index contributed by atoms with van der Waals surface area (Å²) >= 11 is 0. The summed E-state index contributed by atoms with van der Waals surface area (Å²) in [6.45, 7) is 3.36. The van der Waals surface area contributed by atoms with Crippen LogP contribution in [0.5, 0.6) is 5.88 Å². The molecule has 0 N–H and O–H groups in total. The fourth-order valence-electron chi connectivity index (χ4n) is 2.07. The van der Waals surface area contributed by atoms with Gasteiger partial charge in [-0.15, -0.1) is 0 Å². The van der Waals surface area contributed by atoms with Crippen molar-refractivity contribution in [1.82, 2.24) is 14.3 Å². The third kappa shape index (κ3) is 2.78. The maximum absolute atomic E-state index is 11.6. The van der Waals surface area contributed by atoms with Gasteiger partial charge in [0, 0.05) is 25.1 Å². The van der Waals surface area contributed by atoms with Crippen molar-refractivity contribution in [2.24, 2.45) is 0 Å². The van der Waals surface area contributed by atoms with Crippen LogP contribution in [0.2, 0.25) is 0 Å². The Morgan fingerprint density at radius 1 is 1.33 bits per heavy atom. The van der Waals surface area contributed by atoms with Gasteiger partial charge in [0.1, 0.15) is 6.33 Å². The molecule has 1 aliphatic heterocycles. The highest BCUT2D eigenvalue weighted by atomic mass is 32.2. The molecule has 0 amide bonds. The zero-order valence-corrected chi connectivity index (χ0v) is 11.4. The second-order valence-corrected chi connectivity index (χ2v) is 6.18. The predicted octanol–water partition coefficient (Wildman–Crippen LogP) is 0.235. The first kappa shape index (κ1) is 13.2. The Labute approximate surface area is 107 Å². The van der Waals surface area contributed by atoms with Gasteiger partial charge >= 0.3 is 0 Å². The third-order valence-corrected chi connectivity index (χ3v) is 4.26. The van der Waals surface area contributed by atoms with E-state index >= 15 is 0 Å². The smallest absolute Gasteiger partial charge is 0.219 e. The Hall–Kier alpha value is -1.21. The Balaban J connectivity index is 2.27. The van der Waals surface area contributed by atoms with Crippen molar-refractivity contribution in [3.63, 3.8) is 0 Å². The van der Waals surface area contributed by atoms with Gasteiger partial charge < -0.3 is 4.74 Å². The van der Waals surface area contributed by atoms with E-state index in [0.717, 1.165) is 11.3 Å². The molecule has 18 heavy (non-hydrogen) atoms. The van der Waals surface area contributed by atoms with Gasteiger partial charge in [0.15, 0.2) is 0 Å². The topological polar surface area (TPSA) is 72.4 Å². The maximum atomic E-state index is 11.6. The molecular weight excluding hydrogens is 254 g/mol. The highest BCUT2D eigenvalue weighted by molar-refractivity contribution is 7.88. The van der Waals surface area contributed by atoms with Crippen LogP contribution in [0.3, 0.4) is 0 Å². The summed E-state index contributed by atoms with van der Waals surface area (Å²) in [5, 5.41) is 0. The number of fused-ring (bicyclic) bond motifs is 1. The van der Waals surface area contributed by atoms with E-state index in [0.29, 0.717) is 38.4 Å². The van der Waals surface area contributed by atoms with Crippen LogP contribution in [0.15, 0.2) is 6.33 Å². The molecule has 0 bridgehead atoms. The fourth-order valence-corrected chi connectivity index (χ4v) is 2.91. The van der Waals surface area contributed by atoms with Crippen molar-refractivity contribution in [2.75, 3.05) is 26.0 Å². The number of sulfonamides is 1. The highest BCUT2D eigenvalue weighted by Gasteiger charge is 2.23. The quantitative estimate of drug-likeness (QED) is 0.787. The summed E-state index contributed by atoms with van der Waals surface area (Å²) in [4.78, 5) is 8.34. The summed E-state index contributed by atoms with van der Waals surface area (Å²) < 4.78 is 30.1. The first-order chi connectivity index (χ1) is 8.52. The average molecular weight is 271 g/mol. The van der Waals surface area contributed by atoms with Crippen molar-refractivity contribution < 1.29 is 13.2 Å². The van der Waals surface area contributed by atoms with Crippen molar-refractivity contribution in [3.8, 4) is 5.88 Å². The molecule has 0 saturated heterocycles. The molecule has 2 heterocycles. The van der Waals surface area contributed by atoms with E-state index in [1.165, 1.54) is 16.9 Å². The van der Waals surface area contributed by atoms with E-state index in [9.17, 15) is 8.42 Å². The first-order valence-electron chi connectivity index (χ1n) is 5.93. The van der Waals surface area contributed by atoms with E-state index < -0.39 is 10.0 Å². The standard InChI is InChI=1S/C11H17N3O3S/c1-3-17-11-9-4-6-14(18(2,15)16)7-5-10(9)12-8-13-11/h8H,3-7H2,1-2H3. The minimum Gasteiger partial charge on any atom is -0.478 e. The molecule has 0 spiro atoms. The highest BCUT2D eigenvalue weighted by Crippen LogP contribution is 2.22. The Bertz CT molecular complexity index is 530. The van der Waals surface area contributed by atoms with E-state index in [4.69, 9.17) is 4.74 Å². The minimum absolute atomic E-state index is 0.458. The number of rotatable bonds is 3. The van der Waals surface area contributed by atoms with E-state index in [1.54, 1.807) is 0 Å². The SMILES string of the molecule is CCOc1ncnc2c1CCN(S(C)(=O)=O)CC2. The van der Waals surface area contributed by atoms with Gasteiger partial charge in [-0.3, -0.25) is 0 Å². The van der Waals surface area contributed by atoms with Crippen LogP contribution < -0.4 is 4.74 Å². The second-order valence-electron chi connectivity index (χ2n) is 4.20. The summed E-state index contributed by atoms with van der Waals surface area (Å²) in [6.07, 6.45) is 3.90. The molecule has 6 nitrogen and oxygen atoms in total. The minimum atomic E-state index is -3.15. The molecule has 0 atom stereocenters. The van der Waals surface area contributed by atoms with Crippen LogP contribution in [0.4, 0.5) is 0 Å². The lowest BCUT2D eigenvalue weighted by Gasteiger charge is -2.16. The average Bonchev–Trinajstić information content (AvgIpc) is 2.51. The Kier molecular flexibility index (Phi) is 3.82. The largest absolute Gasteiger partial charge is 0.478 e. The maximum Gasteiger partial charge on any atom is 0.219 e. The molecule has 2 rings (SSSR count). The van der Waals surface area contributed by atoms with Crippen LogP contribution >= 0.6 is 0 Å². The third-order valence-electron chi connectivity index (χ3n) is 2.95. The summed E-state index contributed by atoms with van der Waals surface area (Å²) in [5.41, 5.74) is 1.82. The van der Waals surface area contributed by atoms with Crippen molar-refractivity contribution in [3.05, 3.63) is 17.6 Å². The molecule has 0 saturated carbocycles. The number of nitrogens with zero attached hydrogens (tertiary/aromatic N) is 3. The van der Waals surface area contributed by atoms with Crippen LogP contribution in [-0.2, 0) is 22.9 Å². The van der Waals surface area contributed by atoms with Gasteiger partial charge in [-0.05, 0) is 13.3 Å². The second kappa shape index (κ2) is 5.19. The molecule has 0 unspecified atom stereocenters. The van der Waals surface area contributed by atoms with Gasteiger partial charge in [-0.2, -0.15) is 0 Å². The zero-order valence-electron chi connectivity index (χ0n) is 10.6. The van der Waals surface area contributed by atoms with Gasteiger partial charge in [-0.1, -0.05) is 0 Å². The van der Waals surface area contributed by atoms with Crippen molar-refractivity contribution in [1.29, 1.82) is 0 Å². The van der Waals surface area contributed by atoms with Gasteiger partial charge in [0.2, 0.25) is 15.9 Å². The lowest BCUT2D eigenvalue weighted by Crippen LogP contribution is -2.32. The monoisotopic (exact) mass is 271 g/mol.